The lowest BCUT2D eigenvalue weighted by molar-refractivity contribution is 0.0719. The van der Waals surface area contributed by atoms with Crippen LogP contribution in [0.4, 0.5) is 0 Å². The summed E-state index contributed by atoms with van der Waals surface area (Å²) in [5, 5.41) is 41.5. The van der Waals surface area contributed by atoms with Gasteiger partial charge in [0.05, 0.1) is 53.8 Å². The van der Waals surface area contributed by atoms with Crippen LogP contribution < -0.4 is 37.9 Å². The van der Waals surface area contributed by atoms with E-state index in [2.05, 4.69) is 0 Å². The van der Waals surface area contributed by atoms with Gasteiger partial charge in [0.1, 0.15) is 0 Å². The molecule has 290 valence electrons. The number of aromatic hydroxyl groups is 2. The average molecular weight is 751 g/mol. The van der Waals surface area contributed by atoms with E-state index in [4.69, 9.17) is 37.9 Å². The number of benzene rings is 4. The van der Waals surface area contributed by atoms with Crippen molar-refractivity contribution in [2.45, 2.75) is 25.7 Å². The summed E-state index contributed by atoms with van der Waals surface area (Å²) in [5.74, 6) is -1.20. The molecule has 0 spiro atoms. The van der Waals surface area contributed by atoms with Crippen LogP contribution in [0.1, 0.15) is 44.7 Å². The first-order valence-electron chi connectivity index (χ1n) is 16.9. The van der Waals surface area contributed by atoms with Gasteiger partial charge in [-0.3, -0.25) is 0 Å². The van der Waals surface area contributed by atoms with E-state index in [1.165, 1.54) is 85.1 Å². The lowest BCUT2D eigenvalue weighted by Gasteiger charge is -2.26. The predicted molar refractivity (Wildman–Crippen MR) is 196 cm³/mol. The van der Waals surface area contributed by atoms with Gasteiger partial charge in [0.15, 0.2) is 46.0 Å². The smallest absolute Gasteiger partial charge is 0.343 e. The van der Waals surface area contributed by atoms with E-state index in [-0.39, 0.29) is 82.2 Å². The highest BCUT2D eigenvalue weighted by atomic mass is 16.6. The summed E-state index contributed by atoms with van der Waals surface area (Å²) in [7, 11) is 8.56. The fourth-order valence-electron chi connectivity index (χ4n) is 6.09. The molecule has 0 bridgehead atoms. The molecule has 0 aliphatic rings. The van der Waals surface area contributed by atoms with Gasteiger partial charge in [-0.15, -0.1) is 0 Å². The fraction of sp³-hybridized carbons (Fsp3) is 0.350. The second-order valence-electron chi connectivity index (χ2n) is 12.2. The molecule has 0 fully saturated rings. The number of hydrogen-bond donors (Lipinski definition) is 4. The van der Waals surface area contributed by atoms with E-state index in [1.54, 1.807) is 18.2 Å². The minimum Gasteiger partial charge on any atom is -0.504 e. The molecular formula is C40H46O14. The highest BCUT2D eigenvalue weighted by Crippen LogP contribution is 2.41. The molecule has 0 heterocycles. The summed E-state index contributed by atoms with van der Waals surface area (Å²) in [5.41, 5.74) is 1.55. The third-order valence-corrected chi connectivity index (χ3v) is 8.88. The maximum Gasteiger partial charge on any atom is 0.343 e. The van der Waals surface area contributed by atoms with Crippen LogP contribution in [0.2, 0.25) is 0 Å². The third-order valence-electron chi connectivity index (χ3n) is 8.88. The van der Waals surface area contributed by atoms with Crippen molar-refractivity contribution in [2.75, 3.05) is 55.9 Å². The molecule has 0 aliphatic carbocycles. The topological polar surface area (TPSA) is 189 Å². The molecule has 14 heteroatoms. The third kappa shape index (κ3) is 9.76. The molecule has 0 aromatic heterocycles. The van der Waals surface area contributed by atoms with Crippen LogP contribution >= 0.6 is 0 Å². The predicted octanol–water partition coefficient (Wildman–Crippen LogP) is 5.37. The number of aliphatic hydroxyl groups excluding tert-OH is 2. The maximum absolute atomic E-state index is 13.2. The average Bonchev–Trinajstić information content (AvgIpc) is 3.19. The number of aliphatic hydroxyl groups is 2. The minimum absolute atomic E-state index is 0.0673. The first kappa shape index (κ1) is 40.9. The fourth-order valence-corrected chi connectivity index (χ4v) is 6.09. The molecule has 54 heavy (non-hydrogen) atoms. The van der Waals surface area contributed by atoms with Crippen LogP contribution in [0.15, 0.2) is 60.7 Å². The number of carbonyl (C=O) groups is 2. The maximum atomic E-state index is 13.2. The Morgan fingerprint density at radius 3 is 1.26 bits per heavy atom. The molecule has 4 N–H and O–H groups in total. The zero-order valence-electron chi connectivity index (χ0n) is 31.0. The molecule has 0 saturated carbocycles. The Balaban J connectivity index is 1.54. The molecule has 14 nitrogen and oxygen atoms in total. The Morgan fingerprint density at radius 1 is 0.537 bits per heavy atom. The highest BCUT2D eigenvalue weighted by molar-refractivity contribution is 5.93. The van der Waals surface area contributed by atoms with E-state index < -0.39 is 11.9 Å². The van der Waals surface area contributed by atoms with E-state index >= 15 is 0 Å². The molecule has 4 aromatic rings. The van der Waals surface area contributed by atoms with E-state index in [9.17, 15) is 30.0 Å². The van der Waals surface area contributed by atoms with Gasteiger partial charge in [-0.1, -0.05) is 12.1 Å². The molecule has 0 radical (unpaired) electrons. The Hall–Kier alpha value is -5.86. The number of carbonyl (C=O) groups excluding carboxylic acids is 2. The number of phenols is 2. The van der Waals surface area contributed by atoms with Crippen LogP contribution in [-0.2, 0) is 12.8 Å². The second-order valence-corrected chi connectivity index (χ2v) is 12.2. The summed E-state index contributed by atoms with van der Waals surface area (Å²) < 4.78 is 43.2. The number of esters is 2. The lowest BCUT2D eigenvalue weighted by Crippen LogP contribution is -2.24. The van der Waals surface area contributed by atoms with Crippen LogP contribution in [0, 0.1) is 11.8 Å². The number of ether oxygens (including phenoxy) is 8. The largest absolute Gasteiger partial charge is 0.504 e. The van der Waals surface area contributed by atoms with Gasteiger partial charge in [0, 0.05) is 13.2 Å². The zero-order valence-corrected chi connectivity index (χ0v) is 31.0. The first-order chi connectivity index (χ1) is 26.0. The van der Waals surface area contributed by atoms with Crippen LogP contribution in [-0.4, -0.2) is 88.2 Å². The SMILES string of the molecule is COc1cc(C(=O)Oc2cc(C[C@@H](CO)[C@H](CCCO)Cc3ccc(O)c(OC(=O)c4cc(OC)c(OC)c(OC)c4)c3)ccc2O)cc(OC)c1OC. The number of methoxy groups -OCH3 is 6. The van der Waals surface area contributed by atoms with Gasteiger partial charge >= 0.3 is 11.9 Å². The van der Waals surface area contributed by atoms with Gasteiger partial charge in [-0.05, 0) is 97.2 Å². The van der Waals surface area contributed by atoms with Crippen LogP contribution in [0.5, 0.6) is 57.5 Å². The summed E-state index contributed by atoms with van der Waals surface area (Å²) in [6.07, 6.45) is 1.70. The summed E-state index contributed by atoms with van der Waals surface area (Å²) in [6.45, 7) is -0.291. The molecule has 2 atom stereocenters. The van der Waals surface area contributed by atoms with Gasteiger partial charge in [-0.25, -0.2) is 9.59 Å². The Labute approximate surface area is 313 Å². The Bertz CT molecular complexity index is 1860. The first-order valence-corrected chi connectivity index (χ1v) is 16.9. The van der Waals surface area contributed by atoms with Gasteiger partial charge < -0.3 is 58.3 Å². The van der Waals surface area contributed by atoms with Gasteiger partial charge in [0.2, 0.25) is 11.5 Å². The van der Waals surface area contributed by atoms with E-state index in [1.807, 2.05) is 0 Å². The van der Waals surface area contributed by atoms with Crippen molar-refractivity contribution >= 4 is 11.9 Å². The molecule has 4 rings (SSSR count). The minimum atomic E-state index is -0.782. The second kappa shape index (κ2) is 19.3. The molecular weight excluding hydrogens is 704 g/mol. The van der Waals surface area contributed by atoms with Crippen molar-refractivity contribution in [3.8, 4) is 57.5 Å². The van der Waals surface area contributed by atoms with Crippen LogP contribution in [0.25, 0.3) is 0 Å². The summed E-state index contributed by atoms with van der Waals surface area (Å²) >= 11 is 0. The van der Waals surface area contributed by atoms with Crippen molar-refractivity contribution in [1.82, 2.24) is 0 Å². The zero-order chi connectivity index (χ0) is 39.4. The van der Waals surface area contributed by atoms with E-state index in [0.717, 1.165) is 0 Å². The van der Waals surface area contributed by atoms with Crippen molar-refractivity contribution < 1.29 is 67.9 Å². The monoisotopic (exact) mass is 750 g/mol. The van der Waals surface area contributed by atoms with Gasteiger partial charge in [-0.2, -0.15) is 0 Å². The summed E-state index contributed by atoms with van der Waals surface area (Å²) in [6, 6.07) is 15.0. The molecule has 0 saturated heterocycles. The molecule has 4 aromatic carbocycles. The standard InChI is InChI=1S/C40H46O14/c1-47-33-18-26(19-34(48-2)37(33)51-5)39(45)53-31-16-23(9-11-29(31)43)14-25(8-7-13-41)28(22-42)15-24-10-12-30(44)32(17-24)54-40(46)27-20-35(49-3)38(52-6)36(21-27)50-4/h9-12,16-21,25,28,41-44H,7-8,13-15,22H2,1-6H3/t25-,28+/m1/s1. The highest BCUT2D eigenvalue weighted by Gasteiger charge is 2.25. The Morgan fingerprint density at radius 2 is 0.926 bits per heavy atom. The number of rotatable bonds is 19. The molecule has 0 aliphatic heterocycles. The Kier molecular flexibility index (Phi) is 14.6. The van der Waals surface area contributed by atoms with Crippen molar-refractivity contribution in [3.63, 3.8) is 0 Å². The van der Waals surface area contributed by atoms with Crippen molar-refractivity contribution in [3.05, 3.63) is 82.9 Å². The quantitative estimate of drug-likeness (QED) is 0.0707. The van der Waals surface area contributed by atoms with Gasteiger partial charge in [0.25, 0.3) is 0 Å². The molecule has 0 amide bonds. The number of hydrogen-bond acceptors (Lipinski definition) is 14. The normalized spacial score (nSPS) is 11.9. The lowest BCUT2D eigenvalue weighted by atomic mass is 9.80. The summed E-state index contributed by atoms with van der Waals surface area (Å²) in [4.78, 5) is 26.4. The number of phenolic OH excluding ortho intramolecular Hbond substituents is 2. The van der Waals surface area contributed by atoms with Crippen molar-refractivity contribution in [2.24, 2.45) is 11.8 Å². The van der Waals surface area contributed by atoms with Crippen LogP contribution in [0.3, 0.4) is 0 Å². The molecule has 0 unspecified atom stereocenters. The van der Waals surface area contributed by atoms with E-state index in [0.29, 0.717) is 48.3 Å². The van der Waals surface area contributed by atoms with Crippen molar-refractivity contribution in [1.29, 1.82) is 0 Å².